The fourth-order valence-corrected chi connectivity index (χ4v) is 1.43. The highest BCUT2D eigenvalue weighted by molar-refractivity contribution is 6.30. The highest BCUT2D eigenvalue weighted by Crippen LogP contribution is 2.30. The zero-order valence-corrected chi connectivity index (χ0v) is 10.6. The van der Waals surface area contributed by atoms with Gasteiger partial charge in [0.2, 0.25) is 0 Å². The Morgan fingerprint density at radius 2 is 2.22 bits per heavy atom. The van der Waals surface area contributed by atoms with Gasteiger partial charge in [0.25, 0.3) is 5.91 Å². The summed E-state index contributed by atoms with van der Waals surface area (Å²) in [5.74, 6) is -0.354. The molecule has 1 aromatic rings. The van der Waals surface area contributed by atoms with Crippen molar-refractivity contribution in [2.45, 2.75) is 25.9 Å². The zero-order valence-electron chi connectivity index (χ0n) is 9.85. The Labute approximate surface area is 109 Å². The molecule has 1 heterocycles. The van der Waals surface area contributed by atoms with Crippen molar-refractivity contribution in [1.82, 2.24) is 4.98 Å². The average molecular weight is 269 g/mol. The summed E-state index contributed by atoms with van der Waals surface area (Å²) >= 11 is 5.68. The molecule has 0 aliphatic heterocycles. The lowest BCUT2D eigenvalue weighted by Crippen LogP contribution is -2.30. The second-order valence-corrected chi connectivity index (χ2v) is 4.64. The molecule has 2 rings (SSSR count). The fraction of sp³-hybridized carbons (Fsp3) is 0.417. The number of ether oxygens (including phenoxy) is 1. The van der Waals surface area contributed by atoms with E-state index in [0.29, 0.717) is 10.8 Å². The third-order valence-electron chi connectivity index (χ3n) is 2.55. The van der Waals surface area contributed by atoms with Crippen LogP contribution in [0.25, 0.3) is 0 Å². The van der Waals surface area contributed by atoms with Crippen LogP contribution >= 0.6 is 11.6 Å². The highest BCUT2D eigenvalue weighted by atomic mass is 35.5. The van der Waals surface area contributed by atoms with Gasteiger partial charge >= 0.3 is 5.97 Å². The fourth-order valence-electron chi connectivity index (χ4n) is 1.32. The number of carbonyl (C=O) groups is 2. The number of nitrogens with one attached hydrogen (secondary N) is 1. The molecule has 18 heavy (non-hydrogen) atoms. The van der Waals surface area contributed by atoms with Crippen LogP contribution in [0.5, 0.6) is 0 Å². The first kappa shape index (κ1) is 12.8. The monoisotopic (exact) mass is 268 g/mol. The molecule has 1 saturated carbocycles. The van der Waals surface area contributed by atoms with E-state index in [2.05, 4.69) is 10.3 Å². The number of carbonyl (C=O) groups excluding carboxylic acids is 2. The summed E-state index contributed by atoms with van der Waals surface area (Å²) in [5, 5.41) is 3.03. The highest BCUT2D eigenvalue weighted by Gasteiger charge is 2.33. The minimum atomic E-state index is -0.824. The lowest BCUT2D eigenvalue weighted by Gasteiger charge is -2.12. The summed E-state index contributed by atoms with van der Waals surface area (Å²) in [6.07, 6.45) is 2.31. The van der Waals surface area contributed by atoms with Crippen molar-refractivity contribution in [2.75, 3.05) is 5.32 Å². The standard InChI is InChI=1S/C12H13ClN2O3/c1-7(18-12(17)8-2-3-8)11(16)15-10-5-4-9(13)6-14-10/h4-8H,2-3H2,1H3,(H,14,15,16)/t7-/m0/s1. The molecule has 0 saturated heterocycles. The van der Waals surface area contributed by atoms with E-state index < -0.39 is 12.0 Å². The van der Waals surface area contributed by atoms with Crippen LogP contribution in [0.3, 0.4) is 0 Å². The van der Waals surface area contributed by atoms with Crippen molar-refractivity contribution in [2.24, 2.45) is 5.92 Å². The predicted octanol–water partition coefficient (Wildman–Crippen LogP) is 2.02. The van der Waals surface area contributed by atoms with Gasteiger partial charge in [-0.15, -0.1) is 0 Å². The van der Waals surface area contributed by atoms with E-state index in [0.717, 1.165) is 12.8 Å². The van der Waals surface area contributed by atoms with Gasteiger partial charge < -0.3 is 10.1 Å². The van der Waals surface area contributed by atoms with Crippen LogP contribution in [0.15, 0.2) is 18.3 Å². The van der Waals surface area contributed by atoms with E-state index in [-0.39, 0.29) is 11.9 Å². The molecule has 1 aromatic heterocycles. The van der Waals surface area contributed by atoms with E-state index in [9.17, 15) is 9.59 Å². The molecule has 1 N–H and O–H groups in total. The number of amides is 1. The van der Waals surface area contributed by atoms with E-state index in [1.54, 1.807) is 12.1 Å². The number of rotatable bonds is 4. The smallest absolute Gasteiger partial charge is 0.309 e. The van der Waals surface area contributed by atoms with Gasteiger partial charge in [-0.1, -0.05) is 11.6 Å². The molecule has 1 atom stereocenters. The van der Waals surface area contributed by atoms with Crippen LogP contribution in [0.1, 0.15) is 19.8 Å². The normalized spacial score (nSPS) is 15.9. The summed E-state index contributed by atoms with van der Waals surface area (Å²) in [6.45, 7) is 1.53. The van der Waals surface area contributed by atoms with Gasteiger partial charge in [-0.25, -0.2) is 4.98 Å². The SMILES string of the molecule is C[C@H](OC(=O)C1CC1)C(=O)Nc1ccc(Cl)cn1. The maximum absolute atomic E-state index is 11.7. The van der Waals surface area contributed by atoms with Crippen molar-refractivity contribution in [3.8, 4) is 0 Å². The van der Waals surface area contributed by atoms with Crippen LogP contribution in [-0.2, 0) is 14.3 Å². The van der Waals surface area contributed by atoms with E-state index >= 15 is 0 Å². The number of halogens is 1. The van der Waals surface area contributed by atoms with E-state index in [4.69, 9.17) is 16.3 Å². The van der Waals surface area contributed by atoms with Crippen LogP contribution in [-0.4, -0.2) is 23.0 Å². The first-order valence-corrected chi connectivity index (χ1v) is 6.07. The van der Waals surface area contributed by atoms with Crippen molar-refractivity contribution >= 4 is 29.3 Å². The lowest BCUT2D eigenvalue weighted by atomic mass is 10.3. The maximum atomic E-state index is 11.7. The molecule has 96 valence electrons. The molecule has 0 unspecified atom stereocenters. The molecular weight excluding hydrogens is 256 g/mol. The van der Waals surface area contributed by atoms with Gasteiger partial charge in [0.15, 0.2) is 6.10 Å². The van der Waals surface area contributed by atoms with Gasteiger partial charge in [-0.05, 0) is 31.9 Å². The molecule has 6 heteroatoms. The third kappa shape index (κ3) is 3.43. The largest absolute Gasteiger partial charge is 0.452 e. The quantitative estimate of drug-likeness (QED) is 0.848. The Hall–Kier alpha value is -1.62. The summed E-state index contributed by atoms with van der Waals surface area (Å²) in [4.78, 5) is 27.0. The molecule has 5 nitrogen and oxygen atoms in total. The summed E-state index contributed by atoms with van der Waals surface area (Å²) in [7, 11) is 0. The number of pyridine rings is 1. The van der Waals surface area contributed by atoms with Gasteiger partial charge in [0.05, 0.1) is 10.9 Å². The van der Waals surface area contributed by atoms with Crippen LogP contribution in [0.2, 0.25) is 5.02 Å². The number of esters is 1. The molecule has 1 amide bonds. The number of nitrogens with zero attached hydrogens (tertiary/aromatic N) is 1. The molecule has 0 spiro atoms. The van der Waals surface area contributed by atoms with E-state index in [1.165, 1.54) is 13.1 Å². The van der Waals surface area contributed by atoms with Crippen molar-refractivity contribution in [1.29, 1.82) is 0 Å². The Kier molecular flexibility index (Phi) is 3.81. The molecule has 1 aliphatic carbocycles. The molecule has 0 aromatic carbocycles. The van der Waals surface area contributed by atoms with Gasteiger partial charge in [0.1, 0.15) is 5.82 Å². The van der Waals surface area contributed by atoms with Gasteiger partial charge in [0, 0.05) is 6.20 Å². The number of aromatic nitrogens is 1. The van der Waals surface area contributed by atoms with Crippen LogP contribution < -0.4 is 5.32 Å². The molecule has 0 radical (unpaired) electrons. The van der Waals surface area contributed by atoms with Gasteiger partial charge in [-0.3, -0.25) is 9.59 Å². The Bertz CT molecular complexity index is 457. The summed E-state index contributed by atoms with van der Waals surface area (Å²) in [5.41, 5.74) is 0. The topological polar surface area (TPSA) is 68.3 Å². The van der Waals surface area contributed by atoms with Crippen molar-refractivity contribution in [3.05, 3.63) is 23.4 Å². The number of hydrogen-bond donors (Lipinski definition) is 1. The zero-order chi connectivity index (χ0) is 13.1. The molecule has 0 bridgehead atoms. The Morgan fingerprint density at radius 1 is 1.50 bits per heavy atom. The van der Waals surface area contributed by atoms with Crippen molar-refractivity contribution < 1.29 is 14.3 Å². The first-order valence-electron chi connectivity index (χ1n) is 5.69. The molecule has 1 aliphatic rings. The van der Waals surface area contributed by atoms with Crippen LogP contribution in [0, 0.1) is 5.92 Å². The summed E-state index contributed by atoms with van der Waals surface area (Å²) < 4.78 is 5.03. The first-order chi connectivity index (χ1) is 8.56. The number of anilines is 1. The van der Waals surface area contributed by atoms with Crippen LogP contribution in [0.4, 0.5) is 5.82 Å². The minimum Gasteiger partial charge on any atom is -0.452 e. The third-order valence-corrected chi connectivity index (χ3v) is 2.78. The maximum Gasteiger partial charge on any atom is 0.309 e. The average Bonchev–Trinajstić information content (AvgIpc) is 3.16. The van der Waals surface area contributed by atoms with E-state index in [1.807, 2.05) is 0 Å². The molecular formula is C12H13ClN2O3. The minimum absolute atomic E-state index is 0.0195. The van der Waals surface area contributed by atoms with Gasteiger partial charge in [-0.2, -0.15) is 0 Å². The summed E-state index contributed by atoms with van der Waals surface area (Å²) in [6, 6.07) is 3.20. The second kappa shape index (κ2) is 5.35. The lowest BCUT2D eigenvalue weighted by molar-refractivity contribution is -0.154. The second-order valence-electron chi connectivity index (χ2n) is 4.20. The Morgan fingerprint density at radius 3 is 2.78 bits per heavy atom. The van der Waals surface area contributed by atoms with Crippen molar-refractivity contribution in [3.63, 3.8) is 0 Å². The number of hydrogen-bond acceptors (Lipinski definition) is 4. The Balaban J connectivity index is 1.86. The molecule has 1 fully saturated rings. The predicted molar refractivity (Wildman–Crippen MR) is 66.2 cm³/mol.